The van der Waals surface area contributed by atoms with Gasteiger partial charge in [-0.05, 0) is 44.1 Å². The quantitative estimate of drug-likeness (QED) is 0.793. The van der Waals surface area contributed by atoms with Crippen molar-refractivity contribution in [1.82, 2.24) is 5.32 Å². The van der Waals surface area contributed by atoms with E-state index in [0.29, 0.717) is 6.04 Å². The minimum Gasteiger partial charge on any atom is -0.307 e. The fraction of sp³-hybridized carbons (Fsp3) is 0.647. The Morgan fingerprint density at radius 3 is 2.39 bits per heavy atom. The SMILES string of the molecule is CCCC1CCC(N[C@@H](C)c2ccccc2)CC1. The molecule has 1 aromatic carbocycles. The molecule has 1 saturated carbocycles. The van der Waals surface area contributed by atoms with Crippen LogP contribution in [0.25, 0.3) is 0 Å². The Morgan fingerprint density at radius 2 is 1.78 bits per heavy atom. The summed E-state index contributed by atoms with van der Waals surface area (Å²) in [4.78, 5) is 0. The molecular formula is C17H27N. The third-order valence-electron chi connectivity index (χ3n) is 4.33. The second kappa shape index (κ2) is 6.94. The minimum absolute atomic E-state index is 0.485. The Balaban J connectivity index is 1.78. The van der Waals surface area contributed by atoms with E-state index in [0.717, 1.165) is 12.0 Å². The molecule has 0 aliphatic heterocycles. The van der Waals surface area contributed by atoms with Crippen molar-refractivity contribution in [2.75, 3.05) is 0 Å². The van der Waals surface area contributed by atoms with Crippen LogP contribution in [0, 0.1) is 5.92 Å². The molecule has 1 N–H and O–H groups in total. The highest BCUT2D eigenvalue weighted by Crippen LogP contribution is 2.29. The number of rotatable bonds is 5. The van der Waals surface area contributed by atoms with Crippen molar-refractivity contribution in [3.63, 3.8) is 0 Å². The first-order valence-corrected chi connectivity index (χ1v) is 7.60. The topological polar surface area (TPSA) is 12.0 Å². The molecule has 0 amide bonds. The van der Waals surface area contributed by atoms with Crippen molar-refractivity contribution >= 4 is 0 Å². The Kier molecular flexibility index (Phi) is 5.25. The highest BCUT2D eigenvalue weighted by molar-refractivity contribution is 5.18. The molecule has 0 heterocycles. The van der Waals surface area contributed by atoms with E-state index in [9.17, 15) is 0 Å². The molecule has 18 heavy (non-hydrogen) atoms. The maximum Gasteiger partial charge on any atom is 0.0294 e. The van der Waals surface area contributed by atoms with Crippen LogP contribution < -0.4 is 5.32 Å². The molecule has 2 rings (SSSR count). The molecule has 0 unspecified atom stereocenters. The van der Waals surface area contributed by atoms with Gasteiger partial charge in [0.1, 0.15) is 0 Å². The smallest absolute Gasteiger partial charge is 0.0294 e. The van der Waals surface area contributed by atoms with Crippen LogP contribution in [0.5, 0.6) is 0 Å². The summed E-state index contributed by atoms with van der Waals surface area (Å²) in [6, 6.07) is 12.0. The summed E-state index contributed by atoms with van der Waals surface area (Å²) in [6.07, 6.45) is 8.36. The molecule has 0 spiro atoms. The van der Waals surface area contributed by atoms with Crippen molar-refractivity contribution in [2.24, 2.45) is 5.92 Å². The summed E-state index contributed by atoms with van der Waals surface area (Å²) in [5.74, 6) is 1.00. The molecule has 1 heteroatoms. The van der Waals surface area contributed by atoms with Gasteiger partial charge in [-0.2, -0.15) is 0 Å². The van der Waals surface area contributed by atoms with Gasteiger partial charge in [0.05, 0.1) is 0 Å². The van der Waals surface area contributed by atoms with E-state index in [4.69, 9.17) is 0 Å². The molecule has 100 valence electrons. The largest absolute Gasteiger partial charge is 0.307 e. The number of hydrogen-bond acceptors (Lipinski definition) is 1. The number of benzene rings is 1. The highest BCUT2D eigenvalue weighted by atomic mass is 14.9. The zero-order chi connectivity index (χ0) is 12.8. The standard InChI is InChI=1S/C17H27N/c1-3-7-15-10-12-17(13-11-15)18-14(2)16-8-5-4-6-9-16/h4-6,8-9,14-15,17-18H,3,7,10-13H2,1-2H3/t14-,15?,17?/m0/s1. The van der Waals surface area contributed by atoms with Gasteiger partial charge in [-0.15, -0.1) is 0 Å². The molecule has 1 aliphatic carbocycles. The second-order valence-electron chi connectivity index (χ2n) is 5.81. The van der Waals surface area contributed by atoms with Gasteiger partial charge in [0.15, 0.2) is 0 Å². The van der Waals surface area contributed by atoms with Crippen LogP contribution in [0.4, 0.5) is 0 Å². The maximum atomic E-state index is 3.80. The summed E-state index contributed by atoms with van der Waals surface area (Å²) in [5, 5.41) is 3.80. The van der Waals surface area contributed by atoms with E-state index in [1.54, 1.807) is 0 Å². The molecular weight excluding hydrogens is 218 g/mol. The van der Waals surface area contributed by atoms with Crippen molar-refractivity contribution in [3.05, 3.63) is 35.9 Å². The molecule has 0 bridgehead atoms. The Morgan fingerprint density at radius 1 is 1.11 bits per heavy atom. The zero-order valence-electron chi connectivity index (χ0n) is 11.9. The van der Waals surface area contributed by atoms with Crippen molar-refractivity contribution in [2.45, 2.75) is 64.5 Å². The van der Waals surface area contributed by atoms with Crippen LogP contribution in [0.15, 0.2) is 30.3 Å². The van der Waals surface area contributed by atoms with Gasteiger partial charge in [-0.25, -0.2) is 0 Å². The van der Waals surface area contributed by atoms with Crippen LogP contribution in [-0.2, 0) is 0 Å². The van der Waals surface area contributed by atoms with E-state index in [1.807, 2.05) is 0 Å². The van der Waals surface area contributed by atoms with Crippen molar-refractivity contribution in [1.29, 1.82) is 0 Å². The average molecular weight is 245 g/mol. The molecule has 0 aromatic heterocycles. The van der Waals surface area contributed by atoms with Gasteiger partial charge in [-0.3, -0.25) is 0 Å². The summed E-state index contributed by atoms with van der Waals surface area (Å²) in [7, 11) is 0. The summed E-state index contributed by atoms with van der Waals surface area (Å²) >= 11 is 0. The van der Waals surface area contributed by atoms with E-state index in [1.165, 1.54) is 44.1 Å². The van der Waals surface area contributed by atoms with Crippen molar-refractivity contribution < 1.29 is 0 Å². The molecule has 1 nitrogen and oxygen atoms in total. The lowest BCUT2D eigenvalue weighted by Crippen LogP contribution is -2.35. The van der Waals surface area contributed by atoms with E-state index in [-0.39, 0.29) is 0 Å². The van der Waals surface area contributed by atoms with Gasteiger partial charge in [0, 0.05) is 12.1 Å². The van der Waals surface area contributed by atoms with Gasteiger partial charge in [-0.1, -0.05) is 50.1 Å². The molecule has 0 saturated heterocycles. The Labute approximate surface area is 112 Å². The first-order valence-electron chi connectivity index (χ1n) is 7.60. The van der Waals surface area contributed by atoms with Gasteiger partial charge in [0.25, 0.3) is 0 Å². The highest BCUT2D eigenvalue weighted by Gasteiger charge is 2.21. The first kappa shape index (κ1) is 13.6. The summed E-state index contributed by atoms with van der Waals surface area (Å²) in [6.45, 7) is 4.59. The normalized spacial score (nSPS) is 25.9. The lowest BCUT2D eigenvalue weighted by atomic mass is 9.83. The average Bonchev–Trinajstić information content (AvgIpc) is 2.42. The van der Waals surface area contributed by atoms with Gasteiger partial charge < -0.3 is 5.32 Å². The van der Waals surface area contributed by atoms with Crippen LogP contribution in [-0.4, -0.2) is 6.04 Å². The molecule has 1 fully saturated rings. The van der Waals surface area contributed by atoms with Crippen LogP contribution in [0.2, 0.25) is 0 Å². The molecule has 0 radical (unpaired) electrons. The molecule has 1 atom stereocenters. The predicted octanol–water partition coefficient (Wildman–Crippen LogP) is 4.70. The van der Waals surface area contributed by atoms with E-state index in [2.05, 4.69) is 49.5 Å². The van der Waals surface area contributed by atoms with E-state index >= 15 is 0 Å². The van der Waals surface area contributed by atoms with E-state index < -0.39 is 0 Å². The Bertz CT molecular complexity index is 325. The van der Waals surface area contributed by atoms with Crippen LogP contribution >= 0.6 is 0 Å². The Hall–Kier alpha value is -0.820. The zero-order valence-corrected chi connectivity index (χ0v) is 11.9. The third kappa shape index (κ3) is 3.84. The lowest BCUT2D eigenvalue weighted by Gasteiger charge is -2.31. The third-order valence-corrected chi connectivity index (χ3v) is 4.33. The number of hydrogen-bond donors (Lipinski definition) is 1. The monoisotopic (exact) mass is 245 g/mol. The number of nitrogens with one attached hydrogen (secondary N) is 1. The van der Waals surface area contributed by atoms with Crippen LogP contribution in [0.3, 0.4) is 0 Å². The maximum absolute atomic E-state index is 3.80. The van der Waals surface area contributed by atoms with Gasteiger partial charge >= 0.3 is 0 Å². The first-order chi connectivity index (χ1) is 8.79. The van der Waals surface area contributed by atoms with Crippen molar-refractivity contribution in [3.8, 4) is 0 Å². The summed E-state index contributed by atoms with van der Waals surface area (Å²) < 4.78 is 0. The van der Waals surface area contributed by atoms with Crippen LogP contribution in [0.1, 0.15) is 64.0 Å². The second-order valence-corrected chi connectivity index (χ2v) is 5.81. The fourth-order valence-corrected chi connectivity index (χ4v) is 3.22. The van der Waals surface area contributed by atoms with Gasteiger partial charge in [0.2, 0.25) is 0 Å². The lowest BCUT2D eigenvalue weighted by molar-refractivity contribution is 0.266. The minimum atomic E-state index is 0.485. The summed E-state index contributed by atoms with van der Waals surface area (Å²) in [5.41, 5.74) is 1.41. The molecule has 1 aromatic rings. The molecule has 1 aliphatic rings. The predicted molar refractivity (Wildman–Crippen MR) is 78.6 cm³/mol. The fourth-order valence-electron chi connectivity index (χ4n) is 3.22.